The third-order valence-electron chi connectivity index (χ3n) is 8.30. The summed E-state index contributed by atoms with van der Waals surface area (Å²) in [6.45, 7) is 10.2. The summed E-state index contributed by atoms with van der Waals surface area (Å²) in [5.41, 5.74) is 3.25. The minimum Gasteiger partial charge on any atom is -0.462 e. The molecule has 2 atom stereocenters. The van der Waals surface area contributed by atoms with Crippen molar-refractivity contribution >= 4 is 35.1 Å². The van der Waals surface area contributed by atoms with Crippen molar-refractivity contribution in [3.63, 3.8) is 0 Å². The van der Waals surface area contributed by atoms with E-state index < -0.39 is 24.1 Å². The van der Waals surface area contributed by atoms with Crippen molar-refractivity contribution in [2.45, 2.75) is 65.6 Å². The number of rotatable bonds is 10. The molecule has 8 nitrogen and oxygen atoms in total. The van der Waals surface area contributed by atoms with Gasteiger partial charge >= 0.3 is 11.9 Å². The maximum atomic E-state index is 13.2. The number of hydrogen-bond acceptors (Lipinski definition) is 8. The van der Waals surface area contributed by atoms with Gasteiger partial charge in [-0.15, -0.1) is 0 Å². The second-order valence-electron chi connectivity index (χ2n) is 11.5. The predicted octanol–water partition coefficient (Wildman–Crippen LogP) is 7.78. The Morgan fingerprint density at radius 1 is 0.739 bits per heavy atom. The molecule has 0 bridgehead atoms. The molecule has 2 aliphatic rings. The molecule has 46 heavy (non-hydrogen) atoms. The highest BCUT2D eigenvalue weighted by Crippen LogP contribution is 2.40. The van der Waals surface area contributed by atoms with Crippen LogP contribution in [0.1, 0.15) is 75.0 Å². The van der Waals surface area contributed by atoms with E-state index in [-0.39, 0.29) is 0 Å². The van der Waals surface area contributed by atoms with Gasteiger partial charge in [-0.05, 0) is 88.3 Å². The first-order chi connectivity index (χ1) is 22.1. The Balaban J connectivity index is 1.56. The average Bonchev–Trinajstić information content (AvgIpc) is 3.31. The maximum Gasteiger partial charge on any atom is 0.331 e. The number of nitrogens with zero attached hydrogens (tertiary/aromatic N) is 2. The lowest BCUT2D eigenvalue weighted by molar-refractivity contribution is -0.147. The van der Waals surface area contributed by atoms with Crippen LogP contribution in [-0.4, -0.2) is 62.0 Å². The molecule has 0 amide bonds. The molecule has 0 spiro atoms. The molecule has 2 unspecified atom stereocenters. The van der Waals surface area contributed by atoms with E-state index in [4.69, 9.17) is 42.1 Å². The lowest BCUT2D eigenvalue weighted by Crippen LogP contribution is -2.27. The van der Waals surface area contributed by atoms with Crippen LogP contribution in [0.2, 0.25) is 10.0 Å². The van der Waals surface area contributed by atoms with Gasteiger partial charge in [0, 0.05) is 72.3 Å². The molecular weight excluding hydrogens is 627 g/mol. The third-order valence-corrected chi connectivity index (χ3v) is 9.01. The Hall–Kier alpha value is -3.30. The van der Waals surface area contributed by atoms with Gasteiger partial charge in [-0.1, -0.05) is 37.0 Å². The van der Waals surface area contributed by atoms with Crippen LogP contribution < -0.4 is 9.47 Å². The molecule has 2 aromatic rings. The molecule has 0 N–H and O–H groups in total. The largest absolute Gasteiger partial charge is 0.462 e. The van der Waals surface area contributed by atoms with Crippen molar-refractivity contribution in [3.05, 3.63) is 92.4 Å². The van der Waals surface area contributed by atoms with E-state index in [9.17, 15) is 9.59 Å². The van der Waals surface area contributed by atoms with Gasteiger partial charge in [0.05, 0.1) is 11.5 Å². The fourth-order valence-electron chi connectivity index (χ4n) is 5.80. The summed E-state index contributed by atoms with van der Waals surface area (Å²) in [6.07, 6.45) is 7.47. The summed E-state index contributed by atoms with van der Waals surface area (Å²) in [7, 11) is 3.92. The van der Waals surface area contributed by atoms with Crippen LogP contribution in [0.3, 0.4) is 0 Å². The molecule has 2 aliphatic heterocycles. The second-order valence-corrected chi connectivity index (χ2v) is 12.3. The lowest BCUT2D eigenvalue weighted by atomic mass is 9.99. The molecule has 0 radical (unpaired) electrons. The number of allylic oxidation sites excluding steroid dienone is 4. The Morgan fingerprint density at radius 3 is 1.48 bits per heavy atom. The smallest absolute Gasteiger partial charge is 0.331 e. The molecule has 0 aliphatic carbocycles. The zero-order valence-electron chi connectivity index (χ0n) is 27.5. The number of carbonyl (C=O) groups excluding carboxylic acids is 2. The summed E-state index contributed by atoms with van der Waals surface area (Å²) in [5.74, 6) is 1.44. The Labute approximate surface area is 282 Å². The van der Waals surface area contributed by atoms with Gasteiger partial charge in [0.25, 0.3) is 0 Å². The van der Waals surface area contributed by atoms with Crippen LogP contribution in [0.15, 0.2) is 60.1 Å². The van der Waals surface area contributed by atoms with Crippen LogP contribution in [0.25, 0.3) is 0 Å². The van der Waals surface area contributed by atoms with E-state index in [0.717, 1.165) is 59.0 Å². The van der Waals surface area contributed by atoms with Crippen molar-refractivity contribution in [2.24, 2.45) is 0 Å². The van der Waals surface area contributed by atoms with Gasteiger partial charge in [0.1, 0.15) is 23.7 Å². The number of esters is 2. The monoisotopic (exact) mass is 670 g/mol. The molecule has 0 fully saturated rings. The van der Waals surface area contributed by atoms with Gasteiger partial charge < -0.3 is 28.7 Å². The van der Waals surface area contributed by atoms with Crippen LogP contribution in [-0.2, 0) is 31.9 Å². The first kappa shape index (κ1) is 35.6. The topological polar surface area (TPSA) is 77.5 Å². The van der Waals surface area contributed by atoms with Gasteiger partial charge in [0.2, 0.25) is 0 Å². The van der Waals surface area contributed by atoms with Gasteiger partial charge in [-0.3, -0.25) is 0 Å². The van der Waals surface area contributed by atoms with Crippen molar-refractivity contribution in [1.82, 2.24) is 9.80 Å². The zero-order chi connectivity index (χ0) is 33.4. The average molecular weight is 672 g/mol. The van der Waals surface area contributed by atoms with Crippen molar-refractivity contribution in [2.75, 3.05) is 40.3 Å². The van der Waals surface area contributed by atoms with Crippen LogP contribution in [0, 0.1) is 0 Å². The Bertz CT molecular complexity index is 1410. The summed E-state index contributed by atoms with van der Waals surface area (Å²) in [5, 5.41) is 1.18. The molecule has 10 heteroatoms. The van der Waals surface area contributed by atoms with E-state index in [1.807, 2.05) is 78.2 Å². The van der Waals surface area contributed by atoms with E-state index in [2.05, 4.69) is 9.80 Å². The van der Waals surface area contributed by atoms with E-state index >= 15 is 0 Å². The van der Waals surface area contributed by atoms with E-state index in [0.29, 0.717) is 60.3 Å². The highest BCUT2D eigenvalue weighted by atomic mass is 35.5. The quantitative estimate of drug-likeness (QED) is 0.144. The third kappa shape index (κ3) is 8.73. The zero-order valence-corrected chi connectivity index (χ0v) is 29.0. The summed E-state index contributed by atoms with van der Waals surface area (Å²) in [6, 6.07) is 7.25. The molecular formula is C36H44Cl2N2O6. The molecule has 0 saturated carbocycles. The van der Waals surface area contributed by atoms with Crippen LogP contribution in [0.4, 0.5) is 0 Å². The SMILES string of the molecule is CC=C(CC)Oc1ccc(Cl)c2c1C(OC(=O)/C=C\C(=O)OC1CN(C)CCc3c(Cl)ccc(OC(=CC)CC)c31)CN(C)CC2. The van der Waals surface area contributed by atoms with Crippen molar-refractivity contribution in [1.29, 1.82) is 0 Å². The summed E-state index contributed by atoms with van der Waals surface area (Å²) in [4.78, 5) is 30.5. The number of hydrogen-bond donors (Lipinski definition) is 0. The lowest BCUT2D eigenvalue weighted by Gasteiger charge is -2.24. The van der Waals surface area contributed by atoms with Gasteiger partial charge in [-0.2, -0.15) is 0 Å². The number of carbonyl (C=O) groups is 2. The summed E-state index contributed by atoms with van der Waals surface area (Å²) >= 11 is 13.3. The van der Waals surface area contributed by atoms with Crippen molar-refractivity contribution in [3.8, 4) is 11.5 Å². The first-order valence-electron chi connectivity index (χ1n) is 15.8. The number of ether oxygens (including phenoxy) is 4. The fourth-order valence-corrected chi connectivity index (χ4v) is 6.32. The fraction of sp³-hybridized carbons (Fsp3) is 0.444. The minimum absolute atomic E-state index is 0.436. The normalized spacial score (nSPS) is 19.6. The molecule has 0 aromatic heterocycles. The highest BCUT2D eigenvalue weighted by Gasteiger charge is 2.31. The number of fused-ring (bicyclic) bond motifs is 2. The second kappa shape index (κ2) is 16.5. The van der Waals surface area contributed by atoms with E-state index in [1.54, 1.807) is 0 Å². The van der Waals surface area contributed by atoms with Crippen LogP contribution in [0.5, 0.6) is 11.5 Å². The van der Waals surface area contributed by atoms with E-state index in [1.165, 1.54) is 0 Å². The highest BCUT2D eigenvalue weighted by molar-refractivity contribution is 6.31. The standard InChI is InChI=1S/C36H44Cl2N2O6/c1-7-23(8-2)43-29-13-11-27(37)25-17-19-39(5)21-31(35(25)29)45-33(41)15-16-34(42)46-32-22-40(6)20-18-26-28(38)12-14-30(36(26)32)44-24(9-3)10-4/h7,9,11-16,31-32H,8,10,17-22H2,1-6H3/b16-15-,23-7?,24-9?. The van der Waals surface area contributed by atoms with Crippen molar-refractivity contribution < 1.29 is 28.5 Å². The van der Waals surface area contributed by atoms with Gasteiger partial charge in [0.15, 0.2) is 0 Å². The summed E-state index contributed by atoms with van der Waals surface area (Å²) < 4.78 is 24.4. The number of likely N-dealkylation sites (N-methyl/N-ethyl adjacent to an activating group) is 2. The predicted molar refractivity (Wildman–Crippen MR) is 181 cm³/mol. The minimum atomic E-state index is -0.679. The van der Waals surface area contributed by atoms with Gasteiger partial charge in [-0.25, -0.2) is 9.59 Å². The Morgan fingerprint density at radius 2 is 1.13 bits per heavy atom. The number of benzene rings is 2. The Kier molecular flexibility index (Phi) is 12.8. The molecule has 0 saturated heterocycles. The number of halogens is 2. The first-order valence-corrected chi connectivity index (χ1v) is 16.6. The maximum absolute atomic E-state index is 13.2. The molecule has 2 heterocycles. The van der Waals surface area contributed by atoms with Crippen LogP contribution >= 0.6 is 23.2 Å². The molecule has 248 valence electrons. The molecule has 4 rings (SSSR count). The molecule has 2 aromatic carbocycles.